The second-order valence-electron chi connectivity index (χ2n) is 7.55. The van der Waals surface area contributed by atoms with E-state index in [1.54, 1.807) is 18.0 Å². The van der Waals surface area contributed by atoms with Crippen LogP contribution >= 0.6 is 11.8 Å². The first-order valence-corrected chi connectivity index (χ1v) is 11.0. The van der Waals surface area contributed by atoms with Crippen molar-refractivity contribution in [3.05, 3.63) is 77.4 Å². The number of ether oxygens (including phenoxy) is 1. The topological polar surface area (TPSA) is 33.6 Å². The summed E-state index contributed by atoms with van der Waals surface area (Å²) in [6.07, 6.45) is 5.82. The fourth-order valence-corrected chi connectivity index (χ4v) is 2.97. The van der Waals surface area contributed by atoms with Gasteiger partial charge in [-0.3, -0.25) is 4.99 Å². The number of nitrogens with one attached hydrogen (secondary N) is 1. The van der Waals surface area contributed by atoms with E-state index in [9.17, 15) is 0 Å². The molecule has 0 bridgehead atoms. The quantitative estimate of drug-likeness (QED) is 0.354. The lowest BCUT2D eigenvalue weighted by Gasteiger charge is -2.16. The van der Waals surface area contributed by atoms with Gasteiger partial charge in [0.05, 0.1) is 6.61 Å². The van der Waals surface area contributed by atoms with Crippen LogP contribution in [0.5, 0.6) is 5.75 Å². The molecular formula is C26H36N2OS. The predicted molar refractivity (Wildman–Crippen MR) is 137 cm³/mol. The Bertz CT molecular complexity index is 860. The Hall–Kier alpha value is -2.46. The Labute approximate surface area is 187 Å². The summed E-state index contributed by atoms with van der Waals surface area (Å²) in [4.78, 5) is 6.54. The van der Waals surface area contributed by atoms with Gasteiger partial charge in [-0.1, -0.05) is 57.5 Å². The van der Waals surface area contributed by atoms with Gasteiger partial charge in [0.1, 0.15) is 5.75 Å². The number of thioether (sulfide) groups is 1. The fourth-order valence-electron chi connectivity index (χ4n) is 2.23. The smallest absolute Gasteiger partial charge is 0.120 e. The molecule has 1 aromatic rings. The standard InChI is InChI=1S/C26H36N2OS/c1-10-20(6)27-15-19(5)16-28-22(8)24-12-25(23(9)30-21(7)11-2)14-26(13-24)29-17-18(3)4/h10-15,18,28H,5,8-9,16-17H2,1-4,6-7H3/b20-10-,21-11-,27-15?. The van der Waals surface area contributed by atoms with E-state index in [2.05, 4.69) is 63.0 Å². The maximum Gasteiger partial charge on any atom is 0.120 e. The van der Waals surface area contributed by atoms with Crippen LogP contribution in [0.2, 0.25) is 0 Å². The van der Waals surface area contributed by atoms with Crippen LogP contribution < -0.4 is 10.1 Å². The van der Waals surface area contributed by atoms with Gasteiger partial charge in [0, 0.05) is 34.6 Å². The molecule has 0 saturated carbocycles. The van der Waals surface area contributed by atoms with Gasteiger partial charge in [0.2, 0.25) is 0 Å². The largest absolute Gasteiger partial charge is 0.493 e. The SMILES string of the molecule is C=C(C=N/C(C)=C\C)CNC(=C)c1cc(OCC(C)C)cc(C(=C)S/C(C)=C\C)c1. The molecule has 162 valence electrons. The molecule has 4 heteroatoms. The van der Waals surface area contributed by atoms with Gasteiger partial charge >= 0.3 is 0 Å². The number of benzene rings is 1. The molecule has 0 aliphatic carbocycles. The number of allylic oxidation sites excluding steroid dienone is 4. The highest BCUT2D eigenvalue weighted by Gasteiger charge is 2.10. The van der Waals surface area contributed by atoms with Crippen LogP contribution in [0, 0.1) is 5.92 Å². The summed E-state index contributed by atoms with van der Waals surface area (Å²) in [5, 5.41) is 3.34. The van der Waals surface area contributed by atoms with E-state index in [1.165, 1.54) is 4.91 Å². The van der Waals surface area contributed by atoms with E-state index in [0.29, 0.717) is 19.1 Å². The van der Waals surface area contributed by atoms with Crippen LogP contribution in [0.3, 0.4) is 0 Å². The highest BCUT2D eigenvalue weighted by Crippen LogP contribution is 2.35. The van der Waals surface area contributed by atoms with Crippen molar-refractivity contribution in [3.8, 4) is 5.75 Å². The molecule has 3 nitrogen and oxygen atoms in total. The number of aliphatic imine (C=N–C) groups is 1. The maximum atomic E-state index is 6.00. The molecule has 0 spiro atoms. The minimum atomic E-state index is 0.449. The highest BCUT2D eigenvalue weighted by atomic mass is 32.2. The van der Waals surface area contributed by atoms with Gasteiger partial charge in [-0.15, -0.1) is 0 Å². The number of rotatable bonds is 12. The first kappa shape index (κ1) is 25.6. The van der Waals surface area contributed by atoms with Gasteiger partial charge in [-0.05, 0) is 67.9 Å². The first-order chi connectivity index (χ1) is 14.2. The van der Waals surface area contributed by atoms with Crippen molar-refractivity contribution >= 4 is 28.6 Å². The molecule has 30 heavy (non-hydrogen) atoms. The second-order valence-corrected chi connectivity index (χ2v) is 8.89. The molecular weight excluding hydrogens is 388 g/mol. The van der Waals surface area contributed by atoms with E-state index in [1.807, 2.05) is 39.0 Å². The van der Waals surface area contributed by atoms with Crippen molar-refractivity contribution in [1.82, 2.24) is 5.32 Å². The Kier molecular flexibility index (Phi) is 11.1. The van der Waals surface area contributed by atoms with Crippen molar-refractivity contribution in [1.29, 1.82) is 0 Å². The molecule has 0 atom stereocenters. The Balaban J connectivity index is 3.01. The molecule has 0 amide bonds. The van der Waals surface area contributed by atoms with Crippen molar-refractivity contribution in [2.45, 2.75) is 41.5 Å². The molecule has 0 radical (unpaired) electrons. The second kappa shape index (κ2) is 13.0. The van der Waals surface area contributed by atoms with E-state index in [-0.39, 0.29) is 0 Å². The van der Waals surface area contributed by atoms with Crippen molar-refractivity contribution in [3.63, 3.8) is 0 Å². The molecule has 0 fully saturated rings. The van der Waals surface area contributed by atoms with Gasteiger partial charge < -0.3 is 10.1 Å². The van der Waals surface area contributed by atoms with Gasteiger partial charge in [0.15, 0.2) is 0 Å². The third-order valence-electron chi connectivity index (χ3n) is 4.25. The highest BCUT2D eigenvalue weighted by molar-refractivity contribution is 8.11. The van der Waals surface area contributed by atoms with E-state index in [4.69, 9.17) is 4.74 Å². The zero-order valence-corrected chi connectivity index (χ0v) is 20.2. The summed E-state index contributed by atoms with van der Waals surface area (Å²) in [6, 6.07) is 6.15. The van der Waals surface area contributed by atoms with E-state index >= 15 is 0 Å². The van der Waals surface area contributed by atoms with Crippen LogP contribution in [0.4, 0.5) is 0 Å². The first-order valence-electron chi connectivity index (χ1n) is 10.2. The average Bonchev–Trinajstić information content (AvgIpc) is 2.73. The minimum absolute atomic E-state index is 0.449. The van der Waals surface area contributed by atoms with Crippen molar-refractivity contribution in [2.75, 3.05) is 13.2 Å². The van der Waals surface area contributed by atoms with E-state index < -0.39 is 0 Å². The Morgan fingerprint density at radius 1 is 1.10 bits per heavy atom. The molecule has 0 unspecified atom stereocenters. The number of hydrogen-bond donors (Lipinski definition) is 1. The molecule has 0 aromatic heterocycles. The Morgan fingerprint density at radius 2 is 1.77 bits per heavy atom. The lowest BCUT2D eigenvalue weighted by atomic mass is 10.1. The molecule has 0 aliphatic rings. The Morgan fingerprint density at radius 3 is 2.37 bits per heavy atom. The number of hydrogen-bond acceptors (Lipinski definition) is 4. The molecule has 1 aromatic carbocycles. The summed E-state index contributed by atoms with van der Waals surface area (Å²) in [7, 11) is 0. The van der Waals surface area contributed by atoms with Crippen LogP contribution in [-0.2, 0) is 0 Å². The van der Waals surface area contributed by atoms with Crippen LogP contribution in [0.25, 0.3) is 10.6 Å². The zero-order valence-electron chi connectivity index (χ0n) is 19.3. The maximum absolute atomic E-state index is 6.00. The zero-order chi connectivity index (χ0) is 22.7. The summed E-state index contributed by atoms with van der Waals surface area (Å²) in [6.45, 7) is 26.1. The fraction of sp³-hybridized carbons (Fsp3) is 0.346. The lowest BCUT2D eigenvalue weighted by Crippen LogP contribution is -2.15. The summed E-state index contributed by atoms with van der Waals surface area (Å²) < 4.78 is 6.00. The van der Waals surface area contributed by atoms with Gasteiger partial charge in [-0.25, -0.2) is 0 Å². The predicted octanol–water partition coefficient (Wildman–Crippen LogP) is 7.46. The number of nitrogens with zero attached hydrogens (tertiary/aromatic N) is 1. The average molecular weight is 425 g/mol. The van der Waals surface area contributed by atoms with Gasteiger partial charge in [-0.2, -0.15) is 0 Å². The molecule has 0 saturated heterocycles. The van der Waals surface area contributed by atoms with Crippen molar-refractivity contribution in [2.24, 2.45) is 10.9 Å². The van der Waals surface area contributed by atoms with Gasteiger partial charge in [0.25, 0.3) is 0 Å². The summed E-state index contributed by atoms with van der Waals surface area (Å²) in [5.41, 5.74) is 4.66. The lowest BCUT2D eigenvalue weighted by molar-refractivity contribution is 0.271. The van der Waals surface area contributed by atoms with Crippen LogP contribution in [-0.4, -0.2) is 19.4 Å². The summed E-state index contributed by atoms with van der Waals surface area (Å²) >= 11 is 1.66. The van der Waals surface area contributed by atoms with Crippen molar-refractivity contribution < 1.29 is 4.74 Å². The molecule has 0 heterocycles. The monoisotopic (exact) mass is 424 g/mol. The summed E-state index contributed by atoms with van der Waals surface area (Å²) in [5.74, 6) is 1.27. The minimum Gasteiger partial charge on any atom is -0.493 e. The normalized spacial score (nSPS) is 12.4. The molecule has 0 aliphatic heterocycles. The van der Waals surface area contributed by atoms with Crippen LogP contribution in [0.15, 0.2) is 71.3 Å². The molecule has 1 rings (SSSR count). The third kappa shape index (κ3) is 9.36. The molecule has 1 N–H and O–H groups in total. The third-order valence-corrected chi connectivity index (χ3v) is 5.29. The van der Waals surface area contributed by atoms with Crippen LogP contribution in [0.1, 0.15) is 52.7 Å². The van der Waals surface area contributed by atoms with E-state index in [0.717, 1.165) is 38.7 Å².